The second-order valence-electron chi connectivity index (χ2n) is 4.58. The summed E-state index contributed by atoms with van der Waals surface area (Å²) in [6, 6.07) is 7.35. The van der Waals surface area contributed by atoms with Gasteiger partial charge in [0.15, 0.2) is 0 Å². The number of halogens is 1. The summed E-state index contributed by atoms with van der Waals surface area (Å²) in [6.07, 6.45) is 2.47. The number of hydrogen-bond donors (Lipinski definition) is 1. The van der Waals surface area contributed by atoms with Gasteiger partial charge in [0.2, 0.25) is 0 Å². The molecule has 0 amide bonds. The first kappa shape index (κ1) is 11.9. The van der Waals surface area contributed by atoms with E-state index in [0.717, 1.165) is 31.4 Å². The lowest BCUT2D eigenvalue weighted by atomic mass is 9.86. The number of ether oxygens (including phenoxy) is 1. The fraction of sp³-hybridized carbons (Fsp3) is 0.538. The highest BCUT2D eigenvalue weighted by Gasteiger charge is 2.36. The third kappa shape index (κ3) is 2.40. The molecule has 1 aliphatic rings. The molecule has 2 rings (SSSR count). The zero-order chi connectivity index (χ0) is 11.6. The van der Waals surface area contributed by atoms with Crippen molar-refractivity contribution in [1.82, 2.24) is 0 Å². The normalized spacial score (nSPS) is 27.7. The van der Waals surface area contributed by atoms with Crippen LogP contribution in [-0.2, 0) is 4.74 Å². The van der Waals surface area contributed by atoms with Crippen LogP contribution in [0.1, 0.15) is 37.9 Å². The second kappa shape index (κ2) is 4.74. The molecule has 88 valence electrons. The van der Waals surface area contributed by atoms with Crippen LogP contribution < -0.4 is 0 Å². The lowest BCUT2D eigenvalue weighted by Crippen LogP contribution is -2.39. The van der Waals surface area contributed by atoms with E-state index in [9.17, 15) is 5.11 Å². The van der Waals surface area contributed by atoms with Gasteiger partial charge >= 0.3 is 0 Å². The molecule has 0 saturated carbocycles. The van der Waals surface area contributed by atoms with E-state index in [-0.39, 0.29) is 0 Å². The van der Waals surface area contributed by atoms with Crippen molar-refractivity contribution in [3.05, 3.63) is 34.9 Å². The Labute approximate surface area is 101 Å². The van der Waals surface area contributed by atoms with Crippen LogP contribution in [-0.4, -0.2) is 17.3 Å². The molecule has 2 unspecified atom stereocenters. The van der Waals surface area contributed by atoms with Crippen LogP contribution in [0, 0.1) is 0 Å². The Balaban J connectivity index is 2.20. The Kier molecular flexibility index (Phi) is 3.53. The van der Waals surface area contributed by atoms with Crippen molar-refractivity contribution in [1.29, 1.82) is 0 Å². The van der Waals surface area contributed by atoms with Crippen molar-refractivity contribution < 1.29 is 9.84 Å². The Morgan fingerprint density at radius 1 is 1.44 bits per heavy atom. The van der Waals surface area contributed by atoms with Crippen LogP contribution in [0.4, 0.5) is 0 Å². The number of aliphatic hydroxyl groups excluding tert-OH is 1. The van der Waals surface area contributed by atoms with Crippen molar-refractivity contribution >= 4 is 11.6 Å². The van der Waals surface area contributed by atoms with Gasteiger partial charge in [0.25, 0.3) is 0 Å². The van der Waals surface area contributed by atoms with Gasteiger partial charge in [-0.1, -0.05) is 23.7 Å². The van der Waals surface area contributed by atoms with Crippen molar-refractivity contribution in [3.63, 3.8) is 0 Å². The first-order valence-electron chi connectivity index (χ1n) is 5.69. The maximum absolute atomic E-state index is 10.3. The van der Waals surface area contributed by atoms with E-state index in [1.807, 2.05) is 25.1 Å². The lowest BCUT2D eigenvalue weighted by Gasteiger charge is -2.38. The number of hydrogen-bond acceptors (Lipinski definition) is 2. The van der Waals surface area contributed by atoms with E-state index in [1.165, 1.54) is 0 Å². The van der Waals surface area contributed by atoms with Gasteiger partial charge in [0, 0.05) is 11.6 Å². The van der Waals surface area contributed by atoms with Gasteiger partial charge in [-0.25, -0.2) is 0 Å². The third-order valence-electron chi connectivity index (χ3n) is 3.24. The van der Waals surface area contributed by atoms with Gasteiger partial charge < -0.3 is 9.84 Å². The molecule has 1 saturated heterocycles. The summed E-state index contributed by atoms with van der Waals surface area (Å²) in [5.74, 6) is 0. The molecule has 2 nitrogen and oxygen atoms in total. The molecule has 0 aromatic heterocycles. The summed E-state index contributed by atoms with van der Waals surface area (Å²) in [4.78, 5) is 0. The van der Waals surface area contributed by atoms with Crippen LogP contribution in [0.2, 0.25) is 5.02 Å². The van der Waals surface area contributed by atoms with Crippen LogP contribution in [0.3, 0.4) is 0 Å². The Morgan fingerprint density at radius 3 is 2.88 bits per heavy atom. The van der Waals surface area contributed by atoms with Gasteiger partial charge in [-0.15, -0.1) is 0 Å². The minimum atomic E-state index is -0.605. The SMILES string of the molecule is CC1(C(O)c2cccc(Cl)c2)CCCCO1. The molecule has 1 aromatic carbocycles. The standard InChI is InChI=1S/C13H17ClO2/c1-13(7-2-3-8-16-13)12(15)10-5-4-6-11(14)9-10/h4-6,9,12,15H,2-3,7-8H2,1H3. The minimum absolute atomic E-state index is 0.469. The molecule has 1 fully saturated rings. The van der Waals surface area contributed by atoms with Crippen molar-refractivity contribution in [2.24, 2.45) is 0 Å². The topological polar surface area (TPSA) is 29.5 Å². The molecule has 0 radical (unpaired) electrons. The summed E-state index contributed by atoms with van der Waals surface area (Å²) in [5.41, 5.74) is 0.361. The molecule has 1 aliphatic heterocycles. The molecule has 0 bridgehead atoms. The summed E-state index contributed by atoms with van der Waals surface area (Å²) in [7, 11) is 0. The van der Waals surface area contributed by atoms with Gasteiger partial charge in [0.05, 0.1) is 5.60 Å². The Morgan fingerprint density at radius 2 is 2.25 bits per heavy atom. The van der Waals surface area contributed by atoms with Gasteiger partial charge in [-0.3, -0.25) is 0 Å². The summed E-state index contributed by atoms with van der Waals surface area (Å²) >= 11 is 5.92. The van der Waals surface area contributed by atoms with E-state index in [1.54, 1.807) is 6.07 Å². The molecule has 1 N–H and O–H groups in total. The molecule has 1 heterocycles. The molecular formula is C13H17ClO2. The van der Waals surface area contributed by atoms with Gasteiger partial charge in [-0.2, -0.15) is 0 Å². The molecule has 16 heavy (non-hydrogen) atoms. The third-order valence-corrected chi connectivity index (χ3v) is 3.48. The fourth-order valence-corrected chi connectivity index (χ4v) is 2.40. The summed E-state index contributed by atoms with van der Waals surface area (Å²) < 4.78 is 5.73. The first-order valence-corrected chi connectivity index (χ1v) is 6.07. The van der Waals surface area contributed by atoms with E-state index in [2.05, 4.69) is 0 Å². The van der Waals surface area contributed by atoms with Crippen molar-refractivity contribution in [2.75, 3.05) is 6.61 Å². The number of aliphatic hydroxyl groups is 1. The maximum Gasteiger partial charge on any atom is 0.108 e. The zero-order valence-electron chi connectivity index (χ0n) is 9.45. The second-order valence-corrected chi connectivity index (χ2v) is 5.01. The quantitative estimate of drug-likeness (QED) is 0.859. The maximum atomic E-state index is 10.3. The molecule has 0 aliphatic carbocycles. The predicted octanol–water partition coefficient (Wildman–Crippen LogP) is 3.33. The molecule has 1 aromatic rings. The van der Waals surface area contributed by atoms with E-state index >= 15 is 0 Å². The van der Waals surface area contributed by atoms with Crippen LogP contribution in [0.25, 0.3) is 0 Å². The highest BCUT2D eigenvalue weighted by Crippen LogP contribution is 2.36. The van der Waals surface area contributed by atoms with Crippen LogP contribution in [0.15, 0.2) is 24.3 Å². The van der Waals surface area contributed by atoms with Crippen molar-refractivity contribution in [3.8, 4) is 0 Å². The first-order chi connectivity index (χ1) is 7.62. The highest BCUT2D eigenvalue weighted by molar-refractivity contribution is 6.30. The highest BCUT2D eigenvalue weighted by atomic mass is 35.5. The average Bonchev–Trinajstić information content (AvgIpc) is 2.29. The molecule has 0 spiro atoms. The minimum Gasteiger partial charge on any atom is -0.385 e. The van der Waals surface area contributed by atoms with E-state index < -0.39 is 11.7 Å². The van der Waals surface area contributed by atoms with E-state index in [0.29, 0.717) is 5.02 Å². The van der Waals surface area contributed by atoms with Crippen molar-refractivity contribution in [2.45, 2.75) is 37.9 Å². The molecular weight excluding hydrogens is 224 g/mol. The number of benzene rings is 1. The van der Waals surface area contributed by atoms with Crippen LogP contribution in [0.5, 0.6) is 0 Å². The summed E-state index contributed by atoms with van der Waals surface area (Å²) in [5, 5.41) is 11.0. The zero-order valence-corrected chi connectivity index (χ0v) is 10.2. The van der Waals surface area contributed by atoms with Gasteiger partial charge in [-0.05, 0) is 43.9 Å². The largest absolute Gasteiger partial charge is 0.385 e. The van der Waals surface area contributed by atoms with Crippen LogP contribution >= 0.6 is 11.6 Å². The van der Waals surface area contributed by atoms with Gasteiger partial charge in [0.1, 0.15) is 6.10 Å². The fourth-order valence-electron chi connectivity index (χ4n) is 2.20. The number of rotatable bonds is 2. The average molecular weight is 241 g/mol. The lowest BCUT2D eigenvalue weighted by molar-refractivity contribution is -0.138. The Bertz CT molecular complexity index is 359. The summed E-state index contributed by atoms with van der Waals surface area (Å²) in [6.45, 7) is 2.70. The monoisotopic (exact) mass is 240 g/mol. The smallest absolute Gasteiger partial charge is 0.108 e. The molecule has 2 atom stereocenters. The Hall–Kier alpha value is -0.570. The van der Waals surface area contributed by atoms with E-state index in [4.69, 9.17) is 16.3 Å². The molecule has 3 heteroatoms. The predicted molar refractivity (Wildman–Crippen MR) is 64.6 cm³/mol.